The number of ether oxygens (including phenoxy) is 5. The van der Waals surface area contributed by atoms with Crippen LogP contribution in [-0.4, -0.2) is 37.9 Å². The molecule has 0 N–H and O–H groups in total. The second kappa shape index (κ2) is 11.3. The van der Waals surface area contributed by atoms with E-state index in [1.807, 2.05) is 33.8 Å². The summed E-state index contributed by atoms with van der Waals surface area (Å²) < 4.78 is 28.4. The van der Waals surface area contributed by atoms with Crippen LogP contribution < -0.4 is 14.2 Å². The van der Waals surface area contributed by atoms with Crippen LogP contribution in [0.3, 0.4) is 0 Å². The zero-order valence-corrected chi connectivity index (χ0v) is 20.4. The van der Waals surface area contributed by atoms with Gasteiger partial charge in [0.25, 0.3) is 0 Å². The third-order valence-corrected chi connectivity index (χ3v) is 5.94. The Kier molecular flexibility index (Phi) is 8.42. The van der Waals surface area contributed by atoms with Gasteiger partial charge in [-0.25, -0.2) is 9.78 Å². The average molecular weight is 473 g/mol. The number of benzene rings is 1. The molecule has 0 saturated heterocycles. The molecule has 0 saturated carbocycles. The van der Waals surface area contributed by atoms with E-state index in [0.29, 0.717) is 76.7 Å². The molecule has 0 aliphatic carbocycles. The molecule has 0 radical (unpaired) electrons. The summed E-state index contributed by atoms with van der Waals surface area (Å²) in [4.78, 5) is 17.3. The summed E-state index contributed by atoms with van der Waals surface area (Å²) in [6.45, 7) is 9.08. The molecule has 0 amide bonds. The fourth-order valence-electron chi connectivity index (χ4n) is 3.73. The van der Waals surface area contributed by atoms with Gasteiger partial charge in [0.2, 0.25) is 5.75 Å². The number of aromatic nitrogens is 1. The number of rotatable bonds is 11. The summed E-state index contributed by atoms with van der Waals surface area (Å²) in [5.74, 6) is 1.30. The zero-order valence-electron chi connectivity index (χ0n) is 19.6. The van der Waals surface area contributed by atoms with Crippen molar-refractivity contribution in [2.45, 2.75) is 51.7 Å². The highest BCUT2D eigenvalue weighted by Gasteiger charge is 2.35. The van der Waals surface area contributed by atoms with Crippen LogP contribution >= 0.6 is 11.8 Å². The van der Waals surface area contributed by atoms with Gasteiger partial charge in [0, 0.05) is 24.1 Å². The largest absolute Gasteiger partial charge is 0.489 e. The summed E-state index contributed by atoms with van der Waals surface area (Å²) in [5.41, 5.74) is 3.74. The summed E-state index contributed by atoms with van der Waals surface area (Å²) in [6, 6.07) is 4.08. The lowest BCUT2D eigenvalue weighted by Gasteiger charge is -2.21. The minimum Gasteiger partial charge on any atom is -0.489 e. The number of hydrogen-bond donors (Lipinski definition) is 0. The molecule has 0 atom stereocenters. The van der Waals surface area contributed by atoms with Gasteiger partial charge in [-0.3, -0.25) is 0 Å². The average Bonchev–Trinajstić information content (AvgIpc) is 3.17. The normalized spacial score (nSPS) is 12.2. The molecular formula is C24H28N2O6S. The number of methoxy groups -OCH3 is 1. The molecule has 0 bridgehead atoms. The van der Waals surface area contributed by atoms with Crippen LogP contribution in [-0.2, 0) is 28.4 Å². The minimum absolute atomic E-state index is 0.109. The Morgan fingerprint density at radius 3 is 2.42 bits per heavy atom. The number of aryl methyl sites for hydroxylation is 1. The monoisotopic (exact) mass is 472 g/mol. The number of esters is 1. The number of fused-ring (bicyclic) bond motifs is 1. The van der Waals surface area contributed by atoms with Crippen molar-refractivity contribution in [1.82, 2.24) is 4.98 Å². The molecule has 0 spiro atoms. The van der Waals surface area contributed by atoms with Gasteiger partial charge in [-0.15, -0.1) is 11.8 Å². The molecule has 3 rings (SSSR count). The van der Waals surface area contributed by atoms with Crippen LogP contribution in [0.1, 0.15) is 59.1 Å². The van der Waals surface area contributed by atoms with E-state index in [-0.39, 0.29) is 6.61 Å². The Bertz CT molecular complexity index is 1080. The molecule has 1 aromatic carbocycles. The number of thioether (sulfide) groups is 1. The van der Waals surface area contributed by atoms with E-state index in [4.69, 9.17) is 23.7 Å². The van der Waals surface area contributed by atoms with E-state index in [1.54, 1.807) is 7.11 Å². The Labute approximate surface area is 198 Å². The number of pyridine rings is 1. The Morgan fingerprint density at radius 1 is 1.12 bits per heavy atom. The van der Waals surface area contributed by atoms with Gasteiger partial charge >= 0.3 is 5.97 Å². The van der Waals surface area contributed by atoms with Crippen LogP contribution in [0.5, 0.6) is 17.2 Å². The molecule has 1 aliphatic heterocycles. The Hall–Kier alpha value is -2.96. The predicted octanol–water partition coefficient (Wildman–Crippen LogP) is 4.57. The van der Waals surface area contributed by atoms with E-state index < -0.39 is 5.97 Å². The van der Waals surface area contributed by atoms with Crippen molar-refractivity contribution in [2.75, 3.05) is 26.9 Å². The fraction of sp³-hybridized carbons (Fsp3) is 0.458. The molecule has 2 aromatic rings. The first kappa shape index (κ1) is 24.7. The summed E-state index contributed by atoms with van der Waals surface area (Å²) in [7, 11) is 1.59. The maximum Gasteiger partial charge on any atom is 0.339 e. The molecule has 0 fully saturated rings. The van der Waals surface area contributed by atoms with Gasteiger partial charge in [0.05, 0.1) is 43.1 Å². The third kappa shape index (κ3) is 5.02. The van der Waals surface area contributed by atoms with E-state index in [9.17, 15) is 10.1 Å². The molecule has 1 aromatic heterocycles. The Balaban J connectivity index is 2.14. The van der Waals surface area contributed by atoms with Crippen LogP contribution in [0.25, 0.3) is 0 Å². The van der Waals surface area contributed by atoms with Crippen LogP contribution in [0.4, 0.5) is 0 Å². The van der Waals surface area contributed by atoms with Gasteiger partial charge in [0.15, 0.2) is 11.5 Å². The number of carbonyl (C=O) groups is 1. The summed E-state index contributed by atoms with van der Waals surface area (Å²) in [6.07, 6.45) is 0. The van der Waals surface area contributed by atoms with Crippen molar-refractivity contribution in [1.29, 1.82) is 5.26 Å². The lowest BCUT2D eigenvalue weighted by Crippen LogP contribution is -2.10. The summed E-state index contributed by atoms with van der Waals surface area (Å²) >= 11 is 1.36. The maximum absolute atomic E-state index is 12.7. The number of nitrogens with zero attached hydrogens (tertiary/aromatic N) is 2. The number of cyclic esters (lactones) is 1. The molecule has 176 valence electrons. The predicted molar refractivity (Wildman–Crippen MR) is 123 cm³/mol. The quantitative estimate of drug-likeness (QED) is 0.344. The van der Waals surface area contributed by atoms with E-state index in [1.165, 1.54) is 11.8 Å². The van der Waals surface area contributed by atoms with Gasteiger partial charge in [0.1, 0.15) is 17.7 Å². The zero-order chi connectivity index (χ0) is 24.0. The van der Waals surface area contributed by atoms with Crippen molar-refractivity contribution in [2.24, 2.45) is 0 Å². The first-order valence-corrected chi connectivity index (χ1v) is 11.8. The minimum atomic E-state index is -0.427. The van der Waals surface area contributed by atoms with Gasteiger partial charge in [-0.05, 0) is 39.3 Å². The van der Waals surface area contributed by atoms with Crippen LogP contribution in [0.15, 0.2) is 11.1 Å². The maximum atomic E-state index is 12.7. The van der Waals surface area contributed by atoms with Crippen molar-refractivity contribution in [3.63, 3.8) is 0 Å². The molecule has 0 unspecified atom stereocenters. The van der Waals surface area contributed by atoms with E-state index in [2.05, 4.69) is 11.1 Å². The lowest BCUT2D eigenvalue weighted by atomic mass is 10.0. The molecular weight excluding hydrogens is 444 g/mol. The van der Waals surface area contributed by atoms with Gasteiger partial charge in [-0.1, -0.05) is 0 Å². The van der Waals surface area contributed by atoms with E-state index in [0.717, 1.165) is 11.3 Å². The second-order valence-corrected chi connectivity index (χ2v) is 8.10. The number of nitriles is 1. The standard InChI is InChI=1S/C24H28N2O6S/c1-6-29-20-17-12-32-24(27)19(17)18(21(30-7-2)22(20)31-8-3)13-33-23-16(10-25)15(11-28-5)9-14(4)26-23/h9H,6-8,11-13H2,1-5H3. The lowest BCUT2D eigenvalue weighted by molar-refractivity contribution is 0.0533. The number of carbonyl (C=O) groups excluding carboxylic acids is 1. The van der Waals surface area contributed by atoms with Crippen molar-refractivity contribution < 1.29 is 28.5 Å². The Morgan fingerprint density at radius 2 is 1.79 bits per heavy atom. The topological polar surface area (TPSA) is 99.9 Å². The molecule has 33 heavy (non-hydrogen) atoms. The highest BCUT2D eigenvalue weighted by molar-refractivity contribution is 7.98. The van der Waals surface area contributed by atoms with Crippen LogP contribution in [0, 0.1) is 18.3 Å². The first-order chi connectivity index (χ1) is 16.0. The third-order valence-electron chi connectivity index (χ3n) is 4.94. The molecule has 2 heterocycles. The van der Waals surface area contributed by atoms with Gasteiger partial charge < -0.3 is 23.7 Å². The fourth-order valence-corrected chi connectivity index (χ4v) is 4.82. The molecule has 8 nitrogen and oxygen atoms in total. The second-order valence-electron chi connectivity index (χ2n) is 7.13. The smallest absolute Gasteiger partial charge is 0.339 e. The summed E-state index contributed by atoms with van der Waals surface area (Å²) in [5, 5.41) is 10.3. The highest BCUT2D eigenvalue weighted by Crippen LogP contribution is 2.49. The number of hydrogen-bond acceptors (Lipinski definition) is 9. The van der Waals surface area contributed by atoms with Crippen molar-refractivity contribution >= 4 is 17.7 Å². The van der Waals surface area contributed by atoms with Gasteiger partial charge in [-0.2, -0.15) is 5.26 Å². The van der Waals surface area contributed by atoms with E-state index >= 15 is 0 Å². The van der Waals surface area contributed by atoms with Crippen LogP contribution in [0.2, 0.25) is 0 Å². The molecule has 9 heteroatoms. The first-order valence-electron chi connectivity index (χ1n) is 10.8. The molecule has 1 aliphatic rings. The highest BCUT2D eigenvalue weighted by atomic mass is 32.2. The van der Waals surface area contributed by atoms with Crippen molar-refractivity contribution in [3.8, 4) is 23.3 Å². The SMILES string of the molecule is CCOc1c2c(c(CSc3nc(C)cc(COC)c3C#N)c(OCC)c1OCC)C(=O)OC2. The van der Waals surface area contributed by atoms with Crippen molar-refractivity contribution in [3.05, 3.63) is 39.6 Å².